The van der Waals surface area contributed by atoms with Crippen LogP contribution in [0.3, 0.4) is 0 Å². The minimum Gasteiger partial charge on any atom is -0.357 e. The third kappa shape index (κ3) is 2.29. The third-order valence-electron chi connectivity index (χ3n) is 2.92. The summed E-state index contributed by atoms with van der Waals surface area (Å²) in [5, 5.41) is 2.92. The fraction of sp³-hybridized carbons (Fsp3) is 0.545. The van der Waals surface area contributed by atoms with E-state index < -0.39 is 0 Å². The smallest absolute Gasteiger partial charge is 0.224 e. The molecule has 1 aliphatic heterocycles. The number of anilines is 2. The van der Waals surface area contributed by atoms with Crippen LogP contribution in [0.15, 0.2) is 12.3 Å². The molecule has 0 unspecified atom stereocenters. The van der Waals surface area contributed by atoms with Gasteiger partial charge in [-0.15, -0.1) is 0 Å². The number of nitrogens with zero attached hydrogens (tertiary/aromatic N) is 3. The number of hydrogen-bond acceptors (Lipinski definition) is 5. The summed E-state index contributed by atoms with van der Waals surface area (Å²) < 4.78 is 0. The zero-order valence-electron chi connectivity index (χ0n) is 9.39. The first-order chi connectivity index (χ1) is 7.83. The highest BCUT2D eigenvalue weighted by Crippen LogP contribution is 2.20. The average molecular weight is 220 g/mol. The molecule has 2 heterocycles. The fourth-order valence-corrected chi connectivity index (χ4v) is 1.91. The zero-order valence-corrected chi connectivity index (χ0v) is 9.39. The molecule has 0 radical (unpaired) electrons. The Morgan fingerprint density at radius 1 is 1.50 bits per heavy atom. The first-order valence-corrected chi connectivity index (χ1v) is 5.54. The van der Waals surface area contributed by atoms with Crippen LogP contribution < -0.4 is 10.2 Å². The predicted molar refractivity (Wildman–Crippen MR) is 62.6 cm³/mol. The normalized spacial score (nSPS) is 17.2. The molecular formula is C11H16N4O. The Kier molecular flexibility index (Phi) is 3.34. The van der Waals surface area contributed by atoms with Crippen molar-refractivity contribution < 1.29 is 4.79 Å². The molecule has 1 aromatic rings. The second-order valence-corrected chi connectivity index (χ2v) is 3.95. The minimum absolute atomic E-state index is 0.224. The lowest BCUT2D eigenvalue weighted by atomic mass is 9.99. The van der Waals surface area contributed by atoms with Crippen LogP contribution in [-0.2, 0) is 4.79 Å². The zero-order chi connectivity index (χ0) is 11.4. The SMILES string of the molecule is CNc1nccc(N2CCC(C=O)CC2)n1. The van der Waals surface area contributed by atoms with E-state index in [-0.39, 0.29) is 5.92 Å². The monoisotopic (exact) mass is 220 g/mol. The maximum Gasteiger partial charge on any atom is 0.224 e. The summed E-state index contributed by atoms with van der Waals surface area (Å²) in [6.45, 7) is 1.78. The predicted octanol–water partition coefficient (Wildman–Crippen LogP) is 0.934. The number of carbonyl (C=O) groups excluding carboxylic acids is 1. The summed E-state index contributed by atoms with van der Waals surface area (Å²) >= 11 is 0. The maximum atomic E-state index is 10.6. The lowest BCUT2D eigenvalue weighted by Gasteiger charge is -2.30. The van der Waals surface area contributed by atoms with Gasteiger partial charge in [0.25, 0.3) is 0 Å². The molecule has 0 bridgehead atoms. The van der Waals surface area contributed by atoms with Gasteiger partial charge >= 0.3 is 0 Å². The Morgan fingerprint density at radius 2 is 2.25 bits per heavy atom. The van der Waals surface area contributed by atoms with Crippen molar-refractivity contribution in [3.63, 3.8) is 0 Å². The fourth-order valence-electron chi connectivity index (χ4n) is 1.91. The molecular weight excluding hydrogens is 204 g/mol. The van der Waals surface area contributed by atoms with E-state index in [0.717, 1.165) is 38.0 Å². The quantitative estimate of drug-likeness (QED) is 0.768. The lowest BCUT2D eigenvalue weighted by molar-refractivity contribution is -0.111. The van der Waals surface area contributed by atoms with E-state index in [2.05, 4.69) is 20.2 Å². The Balaban J connectivity index is 2.04. The molecule has 2 rings (SSSR count). The van der Waals surface area contributed by atoms with E-state index in [0.29, 0.717) is 5.95 Å². The van der Waals surface area contributed by atoms with E-state index in [4.69, 9.17) is 0 Å². The minimum atomic E-state index is 0.224. The number of nitrogens with one attached hydrogen (secondary N) is 1. The van der Waals surface area contributed by atoms with Crippen LogP contribution in [0, 0.1) is 5.92 Å². The summed E-state index contributed by atoms with van der Waals surface area (Å²) in [7, 11) is 1.80. The second kappa shape index (κ2) is 4.92. The van der Waals surface area contributed by atoms with Gasteiger partial charge in [-0.25, -0.2) is 4.98 Å². The summed E-state index contributed by atoms with van der Waals surface area (Å²) in [6.07, 6.45) is 4.65. The van der Waals surface area contributed by atoms with Gasteiger partial charge in [-0.05, 0) is 18.9 Å². The second-order valence-electron chi connectivity index (χ2n) is 3.95. The van der Waals surface area contributed by atoms with Gasteiger partial charge in [0.1, 0.15) is 12.1 Å². The first-order valence-electron chi connectivity index (χ1n) is 5.54. The molecule has 5 heteroatoms. The van der Waals surface area contributed by atoms with Gasteiger partial charge < -0.3 is 15.0 Å². The van der Waals surface area contributed by atoms with Crippen LogP contribution in [0.2, 0.25) is 0 Å². The van der Waals surface area contributed by atoms with Gasteiger partial charge in [0.2, 0.25) is 5.95 Å². The van der Waals surface area contributed by atoms with Gasteiger partial charge in [0.15, 0.2) is 0 Å². The standard InChI is InChI=1S/C11H16N4O/c1-12-11-13-5-2-10(14-11)15-6-3-9(8-16)4-7-15/h2,5,8-9H,3-4,6-7H2,1H3,(H,12,13,14). The number of carbonyl (C=O) groups is 1. The van der Waals surface area contributed by atoms with E-state index in [1.807, 2.05) is 6.07 Å². The van der Waals surface area contributed by atoms with Crippen molar-refractivity contribution in [3.05, 3.63) is 12.3 Å². The van der Waals surface area contributed by atoms with Gasteiger partial charge in [-0.2, -0.15) is 4.98 Å². The van der Waals surface area contributed by atoms with Crippen LogP contribution in [0.5, 0.6) is 0 Å². The summed E-state index contributed by atoms with van der Waals surface area (Å²) in [4.78, 5) is 21.3. The molecule has 1 fully saturated rings. The maximum absolute atomic E-state index is 10.6. The molecule has 5 nitrogen and oxygen atoms in total. The molecule has 1 saturated heterocycles. The van der Waals surface area contributed by atoms with Crippen molar-refractivity contribution in [2.75, 3.05) is 30.4 Å². The Hall–Kier alpha value is -1.65. The van der Waals surface area contributed by atoms with Crippen LogP contribution in [0.25, 0.3) is 0 Å². The van der Waals surface area contributed by atoms with E-state index in [9.17, 15) is 4.79 Å². The topological polar surface area (TPSA) is 58.1 Å². The third-order valence-corrected chi connectivity index (χ3v) is 2.92. The van der Waals surface area contributed by atoms with Crippen LogP contribution in [-0.4, -0.2) is 36.4 Å². The van der Waals surface area contributed by atoms with Crippen molar-refractivity contribution in [2.24, 2.45) is 5.92 Å². The Morgan fingerprint density at radius 3 is 2.88 bits per heavy atom. The van der Waals surface area contributed by atoms with Crippen molar-refractivity contribution in [2.45, 2.75) is 12.8 Å². The summed E-state index contributed by atoms with van der Waals surface area (Å²) in [5.74, 6) is 1.79. The average Bonchev–Trinajstić information content (AvgIpc) is 2.39. The first kappa shape index (κ1) is 10.9. The van der Waals surface area contributed by atoms with Crippen molar-refractivity contribution >= 4 is 18.1 Å². The largest absolute Gasteiger partial charge is 0.357 e. The molecule has 0 aliphatic carbocycles. The molecule has 0 saturated carbocycles. The number of piperidine rings is 1. The molecule has 0 aromatic carbocycles. The highest BCUT2D eigenvalue weighted by atomic mass is 16.1. The Bertz CT molecular complexity index is 361. The van der Waals surface area contributed by atoms with Gasteiger partial charge in [0.05, 0.1) is 0 Å². The summed E-state index contributed by atoms with van der Waals surface area (Å²) in [5.41, 5.74) is 0. The van der Waals surface area contributed by atoms with Crippen molar-refractivity contribution in [3.8, 4) is 0 Å². The highest BCUT2D eigenvalue weighted by Gasteiger charge is 2.19. The number of rotatable bonds is 3. The van der Waals surface area contributed by atoms with Crippen LogP contribution >= 0.6 is 0 Å². The lowest BCUT2D eigenvalue weighted by Crippen LogP contribution is -2.34. The van der Waals surface area contributed by atoms with E-state index >= 15 is 0 Å². The molecule has 1 aromatic heterocycles. The van der Waals surface area contributed by atoms with E-state index in [1.54, 1.807) is 13.2 Å². The number of hydrogen-bond donors (Lipinski definition) is 1. The number of aldehydes is 1. The molecule has 86 valence electrons. The van der Waals surface area contributed by atoms with Crippen molar-refractivity contribution in [1.82, 2.24) is 9.97 Å². The molecule has 1 aliphatic rings. The van der Waals surface area contributed by atoms with Gasteiger partial charge in [-0.1, -0.05) is 0 Å². The molecule has 0 spiro atoms. The van der Waals surface area contributed by atoms with Crippen LogP contribution in [0.1, 0.15) is 12.8 Å². The van der Waals surface area contributed by atoms with E-state index in [1.165, 1.54) is 0 Å². The van der Waals surface area contributed by atoms with Gasteiger partial charge in [0, 0.05) is 32.3 Å². The molecule has 0 atom stereocenters. The van der Waals surface area contributed by atoms with Crippen LogP contribution in [0.4, 0.5) is 11.8 Å². The molecule has 1 N–H and O–H groups in total. The Labute approximate surface area is 94.9 Å². The molecule has 16 heavy (non-hydrogen) atoms. The van der Waals surface area contributed by atoms with Crippen molar-refractivity contribution in [1.29, 1.82) is 0 Å². The highest BCUT2D eigenvalue weighted by molar-refractivity contribution is 5.54. The summed E-state index contributed by atoms with van der Waals surface area (Å²) in [6, 6.07) is 1.90. The number of aromatic nitrogens is 2. The molecule has 0 amide bonds. The van der Waals surface area contributed by atoms with Gasteiger partial charge in [-0.3, -0.25) is 0 Å².